The van der Waals surface area contributed by atoms with E-state index in [2.05, 4.69) is 67.6 Å². The van der Waals surface area contributed by atoms with Gasteiger partial charge in [-0.2, -0.15) is 0 Å². The molecule has 1 heteroatoms. The minimum absolute atomic E-state index is 0.0189. The van der Waals surface area contributed by atoms with Crippen LogP contribution >= 0.6 is 0 Å². The summed E-state index contributed by atoms with van der Waals surface area (Å²) in [6, 6.07) is 29.1. The first kappa shape index (κ1) is 14.4. The van der Waals surface area contributed by atoms with Gasteiger partial charge in [0.25, 0.3) is 0 Å². The van der Waals surface area contributed by atoms with Gasteiger partial charge in [0, 0.05) is 6.42 Å². The summed E-state index contributed by atoms with van der Waals surface area (Å²) in [6.45, 7) is 2.08. The molecule has 3 rings (SSSR count). The lowest BCUT2D eigenvalue weighted by Crippen LogP contribution is -2.11. The van der Waals surface area contributed by atoms with E-state index in [1.165, 1.54) is 16.7 Å². The second-order valence-electron chi connectivity index (χ2n) is 5.52. The molecular formula is C21H20O. The predicted octanol–water partition coefficient (Wildman–Crippen LogP) is 5.36. The first-order chi connectivity index (χ1) is 10.8. The van der Waals surface area contributed by atoms with E-state index in [1.54, 1.807) is 0 Å². The van der Waals surface area contributed by atoms with Crippen molar-refractivity contribution in [1.29, 1.82) is 0 Å². The van der Waals surface area contributed by atoms with Gasteiger partial charge in [-0.1, -0.05) is 72.8 Å². The molecule has 0 aliphatic carbocycles. The van der Waals surface area contributed by atoms with Crippen LogP contribution in [-0.4, -0.2) is 0 Å². The maximum absolute atomic E-state index is 6.29. The Labute approximate surface area is 132 Å². The van der Waals surface area contributed by atoms with Crippen molar-refractivity contribution in [3.63, 3.8) is 0 Å². The molecule has 0 aromatic heterocycles. The molecule has 0 bridgehead atoms. The van der Waals surface area contributed by atoms with E-state index >= 15 is 0 Å². The van der Waals surface area contributed by atoms with E-state index < -0.39 is 0 Å². The van der Waals surface area contributed by atoms with Gasteiger partial charge in [0.15, 0.2) is 0 Å². The van der Waals surface area contributed by atoms with Crippen LogP contribution in [0.5, 0.6) is 5.75 Å². The normalized spacial score (nSPS) is 11.9. The van der Waals surface area contributed by atoms with E-state index in [0.717, 1.165) is 12.2 Å². The Morgan fingerprint density at radius 3 is 2.14 bits per heavy atom. The second kappa shape index (κ2) is 6.95. The molecule has 3 aromatic carbocycles. The highest BCUT2D eigenvalue weighted by molar-refractivity contribution is 5.30. The smallest absolute Gasteiger partial charge is 0.128 e. The van der Waals surface area contributed by atoms with Crippen molar-refractivity contribution in [2.45, 2.75) is 19.4 Å². The van der Waals surface area contributed by atoms with Crippen LogP contribution in [0.3, 0.4) is 0 Å². The van der Waals surface area contributed by atoms with E-state index in [-0.39, 0.29) is 6.10 Å². The van der Waals surface area contributed by atoms with Crippen molar-refractivity contribution in [3.05, 3.63) is 102 Å². The number of hydrogen-bond acceptors (Lipinski definition) is 1. The quantitative estimate of drug-likeness (QED) is 0.614. The van der Waals surface area contributed by atoms with Gasteiger partial charge in [0.2, 0.25) is 0 Å². The van der Waals surface area contributed by atoms with Gasteiger partial charge in [0.05, 0.1) is 0 Å². The summed E-state index contributed by atoms with van der Waals surface area (Å²) < 4.78 is 6.29. The fraction of sp³-hybridized carbons (Fsp3) is 0.143. The SMILES string of the molecule is Cc1cccc(OC(Cc2ccccc2)c2ccccc2)c1. The molecule has 22 heavy (non-hydrogen) atoms. The lowest BCUT2D eigenvalue weighted by molar-refractivity contribution is 0.206. The third kappa shape index (κ3) is 3.76. The van der Waals surface area contributed by atoms with Crippen LogP contribution in [0.1, 0.15) is 22.8 Å². The van der Waals surface area contributed by atoms with Crippen molar-refractivity contribution in [1.82, 2.24) is 0 Å². The molecule has 0 saturated heterocycles. The molecule has 0 N–H and O–H groups in total. The summed E-state index contributed by atoms with van der Waals surface area (Å²) >= 11 is 0. The van der Waals surface area contributed by atoms with Crippen LogP contribution in [0.25, 0.3) is 0 Å². The highest BCUT2D eigenvalue weighted by Gasteiger charge is 2.14. The first-order valence-electron chi connectivity index (χ1n) is 7.63. The third-order valence-electron chi connectivity index (χ3n) is 3.70. The fourth-order valence-electron chi connectivity index (χ4n) is 2.58. The molecule has 0 heterocycles. The van der Waals surface area contributed by atoms with Crippen molar-refractivity contribution < 1.29 is 4.74 Å². The standard InChI is InChI=1S/C21H20O/c1-17-9-8-14-20(15-17)22-21(19-12-6-3-7-13-19)16-18-10-4-2-5-11-18/h2-15,21H,16H2,1H3. The van der Waals surface area contributed by atoms with Gasteiger partial charge < -0.3 is 4.74 Å². The van der Waals surface area contributed by atoms with Crippen molar-refractivity contribution in [3.8, 4) is 5.75 Å². The molecule has 0 spiro atoms. The topological polar surface area (TPSA) is 9.23 Å². The lowest BCUT2D eigenvalue weighted by atomic mass is 10.0. The minimum Gasteiger partial charge on any atom is -0.485 e. The zero-order chi connectivity index (χ0) is 15.2. The van der Waals surface area contributed by atoms with Crippen molar-refractivity contribution in [2.24, 2.45) is 0 Å². The molecule has 0 saturated carbocycles. The minimum atomic E-state index is 0.0189. The third-order valence-corrected chi connectivity index (χ3v) is 3.70. The number of ether oxygens (including phenoxy) is 1. The summed E-state index contributed by atoms with van der Waals surface area (Å²) in [6.07, 6.45) is 0.879. The Morgan fingerprint density at radius 2 is 1.45 bits per heavy atom. The highest BCUT2D eigenvalue weighted by Crippen LogP contribution is 2.26. The van der Waals surface area contributed by atoms with Crippen molar-refractivity contribution >= 4 is 0 Å². The van der Waals surface area contributed by atoms with E-state index in [0.29, 0.717) is 0 Å². The zero-order valence-corrected chi connectivity index (χ0v) is 12.8. The van der Waals surface area contributed by atoms with Crippen LogP contribution in [0.15, 0.2) is 84.9 Å². The summed E-state index contributed by atoms with van der Waals surface area (Å²) in [5.74, 6) is 0.921. The summed E-state index contributed by atoms with van der Waals surface area (Å²) in [4.78, 5) is 0. The Hall–Kier alpha value is -2.54. The zero-order valence-electron chi connectivity index (χ0n) is 12.8. The Balaban J connectivity index is 1.86. The van der Waals surface area contributed by atoms with Gasteiger partial charge in [0.1, 0.15) is 11.9 Å². The van der Waals surface area contributed by atoms with Gasteiger partial charge in [-0.3, -0.25) is 0 Å². The predicted molar refractivity (Wildman–Crippen MR) is 91.1 cm³/mol. The Bertz CT molecular complexity index is 704. The molecule has 110 valence electrons. The fourth-order valence-corrected chi connectivity index (χ4v) is 2.58. The summed E-state index contributed by atoms with van der Waals surface area (Å²) in [7, 11) is 0. The molecule has 1 atom stereocenters. The van der Waals surface area contributed by atoms with Gasteiger partial charge >= 0.3 is 0 Å². The molecule has 0 amide bonds. The van der Waals surface area contributed by atoms with Crippen LogP contribution < -0.4 is 4.74 Å². The molecule has 3 aromatic rings. The van der Waals surface area contributed by atoms with E-state index in [4.69, 9.17) is 4.74 Å². The number of hydrogen-bond donors (Lipinski definition) is 0. The molecule has 1 nitrogen and oxygen atoms in total. The van der Waals surface area contributed by atoms with Gasteiger partial charge in [-0.25, -0.2) is 0 Å². The average Bonchev–Trinajstić information content (AvgIpc) is 2.56. The average molecular weight is 288 g/mol. The van der Waals surface area contributed by atoms with E-state index in [1.807, 2.05) is 24.3 Å². The largest absolute Gasteiger partial charge is 0.485 e. The van der Waals surface area contributed by atoms with Crippen molar-refractivity contribution in [2.75, 3.05) is 0 Å². The van der Waals surface area contributed by atoms with Gasteiger partial charge in [-0.15, -0.1) is 0 Å². The Kier molecular flexibility index (Phi) is 4.55. The maximum atomic E-state index is 6.29. The molecule has 1 unspecified atom stereocenters. The second-order valence-corrected chi connectivity index (χ2v) is 5.52. The lowest BCUT2D eigenvalue weighted by Gasteiger charge is -2.20. The molecule has 0 radical (unpaired) electrons. The number of rotatable bonds is 5. The summed E-state index contributed by atoms with van der Waals surface area (Å²) in [5, 5.41) is 0. The maximum Gasteiger partial charge on any atom is 0.128 e. The van der Waals surface area contributed by atoms with E-state index in [9.17, 15) is 0 Å². The molecule has 0 aliphatic heterocycles. The van der Waals surface area contributed by atoms with Gasteiger partial charge in [-0.05, 0) is 35.7 Å². The summed E-state index contributed by atoms with van der Waals surface area (Å²) in [5.41, 5.74) is 3.70. The first-order valence-corrected chi connectivity index (χ1v) is 7.63. The van der Waals surface area contributed by atoms with Crippen LogP contribution in [0, 0.1) is 6.92 Å². The highest BCUT2D eigenvalue weighted by atomic mass is 16.5. The van der Waals surface area contributed by atoms with Crippen LogP contribution in [0.4, 0.5) is 0 Å². The molecule has 0 aliphatic rings. The number of aryl methyl sites for hydroxylation is 1. The monoisotopic (exact) mass is 288 g/mol. The van der Waals surface area contributed by atoms with Crippen LogP contribution in [-0.2, 0) is 6.42 Å². The van der Waals surface area contributed by atoms with Crippen LogP contribution in [0.2, 0.25) is 0 Å². The Morgan fingerprint density at radius 1 is 0.773 bits per heavy atom. The number of benzene rings is 3. The molecule has 0 fully saturated rings. The molecular weight excluding hydrogens is 268 g/mol.